The van der Waals surface area contributed by atoms with Gasteiger partial charge in [-0.1, -0.05) is 24.3 Å². The van der Waals surface area contributed by atoms with Gasteiger partial charge in [0.1, 0.15) is 11.6 Å². The zero-order valence-corrected chi connectivity index (χ0v) is 18.3. The largest absolute Gasteiger partial charge is 0.513 e. The first kappa shape index (κ1) is 20.4. The lowest BCUT2D eigenvalue weighted by Gasteiger charge is -2.37. The molecule has 6 nitrogen and oxygen atoms in total. The van der Waals surface area contributed by atoms with E-state index in [1.807, 2.05) is 45.9 Å². The summed E-state index contributed by atoms with van der Waals surface area (Å²) < 4.78 is 10.4. The molecule has 0 bridgehead atoms. The number of benzene rings is 1. The fourth-order valence-corrected chi connectivity index (χ4v) is 3.61. The van der Waals surface area contributed by atoms with E-state index in [0.717, 1.165) is 24.0 Å². The normalized spacial score (nSPS) is 22.0. The molecule has 0 saturated carbocycles. The van der Waals surface area contributed by atoms with Crippen LogP contribution in [0.5, 0.6) is 0 Å². The third kappa shape index (κ3) is 5.08. The van der Waals surface area contributed by atoms with E-state index in [0.29, 0.717) is 22.9 Å². The highest BCUT2D eigenvalue weighted by Crippen LogP contribution is 2.33. The van der Waals surface area contributed by atoms with E-state index < -0.39 is 17.6 Å². The summed E-state index contributed by atoms with van der Waals surface area (Å²) in [5, 5.41) is 0. The number of likely N-dealkylation sites (tertiary alicyclic amines) is 1. The first-order valence-corrected chi connectivity index (χ1v) is 9.87. The van der Waals surface area contributed by atoms with Gasteiger partial charge in [0.15, 0.2) is 0 Å². The zero-order valence-electron chi connectivity index (χ0n) is 16.3. The lowest BCUT2D eigenvalue weighted by Crippen LogP contribution is -2.44. The molecule has 1 aromatic carbocycles. The number of amides is 1. The molecule has 144 valence electrons. The van der Waals surface area contributed by atoms with Crippen molar-refractivity contribution in [3.05, 3.63) is 35.4 Å². The molecule has 1 aliphatic heterocycles. The highest BCUT2D eigenvalue weighted by atomic mass is 28.2. The Morgan fingerprint density at radius 2 is 2.04 bits per heavy atom. The van der Waals surface area contributed by atoms with Gasteiger partial charge in [-0.2, -0.15) is 0 Å². The summed E-state index contributed by atoms with van der Waals surface area (Å²) in [6.07, 6.45) is 1.51. The predicted molar refractivity (Wildman–Crippen MR) is 104 cm³/mol. The van der Waals surface area contributed by atoms with Crippen molar-refractivity contribution in [3.63, 3.8) is 0 Å². The highest BCUT2D eigenvalue weighted by molar-refractivity contribution is 6.05. The van der Waals surface area contributed by atoms with E-state index in [4.69, 9.17) is 14.9 Å². The highest BCUT2D eigenvalue weighted by Gasteiger charge is 2.30. The van der Waals surface area contributed by atoms with Crippen molar-refractivity contribution in [2.45, 2.75) is 64.1 Å². The van der Waals surface area contributed by atoms with Crippen molar-refractivity contribution in [3.8, 4) is 0 Å². The van der Waals surface area contributed by atoms with Gasteiger partial charge in [-0.05, 0) is 57.6 Å². The fourth-order valence-electron chi connectivity index (χ4n) is 3.37. The number of nitrogens with zero attached hydrogens (tertiary/aromatic N) is 1. The van der Waals surface area contributed by atoms with Crippen LogP contribution in [0.1, 0.15) is 63.6 Å². The maximum atomic E-state index is 12.2. The van der Waals surface area contributed by atoms with E-state index in [9.17, 15) is 9.59 Å². The van der Waals surface area contributed by atoms with Crippen LogP contribution in [0, 0.1) is 0 Å². The summed E-state index contributed by atoms with van der Waals surface area (Å²) in [5.74, 6) is -0.0957. The van der Waals surface area contributed by atoms with E-state index in [2.05, 4.69) is 6.07 Å². The molecule has 0 aromatic heterocycles. The van der Waals surface area contributed by atoms with Crippen LogP contribution in [0.4, 0.5) is 4.79 Å². The summed E-state index contributed by atoms with van der Waals surface area (Å²) >= 11 is 0. The summed E-state index contributed by atoms with van der Waals surface area (Å²) in [4.78, 5) is 25.9. The zero-order chi connectivity index (χ0) is 19.5. The third-order valence-corrected chi connectivity index (χ3v) is 5.04. The van der Waals surface area contributed by atoms with Crippen LogP contribution in [-0.4, -0.2) is 45.6 Å². The van der Waals surface area contributed by atoms with Crippen molar-refractivity contribution in [1.29, 1.82) is 0 Å². The van der Waals surface area contributed by atoms with Crippen LogP contribution in [0.25, 0.3) is 0 Å². The van der Waals surface area contributed by atoms with Gasteiger partial charge < -0.3 is 19.8 Å². The standard InChI is InChI=1S/C19H30N2O4Si/c1-12-10-14(8-9-21(12)18(23)25-26)13-6-5-7-15(11-13)16(20)17(22)24-19(2,3)4/h5-7,11-12,14,16H,8-10,20H2,1-4,26H3. The van der Waals surface area contributed by atoms with Crippen molar-refractivity contribution in [1.82, 2.24) is 4.90 Å². The molecule has 3 atom stereocenters. The van der Waals surface area contributed by atoms with E-state index in [1.54, 1.807) is 4.90 Å². The summed E-state index contributed by atoms with van der Waals surface area (Å²) in [7, 11) is 0.411. The summed E-state index contributed by atoms with van der Waals surface area (Å²) in [5.41, 5.74) is 7.45. The lowest BCUT2D eigenvalue weighted by atomic mass is 9.85. The van der Waals surface area contributed by atoms with E-state index in [1.165, 1.54) is 0 Å². The van der Waals surface area contributed by atoms with Crippen LogP contribution in [0.2, 0.25) is 0 Å². The lowest BCUT2D eigenvalue weighted by molar-refractivity contribution is -0.156. The molecule has 7 heteroatoms. The number of nitrogens with two attached hydrogens (primary N) is 1. The Hall–Kier alpha value is -1.86. The topological polar surface area (TPSA) is 81.9 Å². The molecule has 1 fully saturated rings. The fraction of sp³-hybridized carbons (Fsp3) is 0.579. The summed E-state index contributed by atoms with van der Waals surface area (Å²) in [6, 6.07) is 7.16. The maximum absolute atomic E-state index is 12.2. The van der Waals surface area contributed by atoms with Gasteiger partial charge in [-0.3, -0.25) is 0 Å². The molecule has 1 amide bonds. The molecule has 1 aliphatic rings. The van der Waals surface area contributed by atoms with E-state index in [-0.39, 0.29) is 12.1 Å². The Kier molecular flexibility index (Phi) is 6.47. The van der Waals surface area contributed by atoms with Crippen LogP contribution < -0.4 is 5.73 Å². The molecule has 2 rings (SSSR count). The van der Waals surface area contributed by atoms with Gasteiger partial charge >= 0.3 is 12.1 Å². The second kappa shape index (κ2) is 8.22. The first-order valence-electron chi connectivity index (χ1n) is 9.05. The molecule has 0 radical (unpaired) electrons. The average molecular weight is 379 g/mol. The molecular formula is C19H30N2O4Si. The molecule has 1 aromatic rings. The quantitative estimate of drug-likeness (QED) is 0.643. The van der Waals surface area contributed by atoms with Crippen LogP contribution in [0.3, 0.4) is 0 Å². The molecule has 1 heterocycles. The first-order chi connectivity index (χ1) is 12.1. The Balaban J connectivity index is 2.10. The number of carbonyl (C=O) groups excluding carboxylic acids is 2. The van der Waals surface area contributed by atoms with Crippen molar-refractivity contribution in [2.75, 3.05) is 6.54 Å². The summed E-state index contributed by atoms with van der Waals surface area (Å²) in [6.45, 7) is 8.20. The minimum absolute atomic E-state index is 0.124. The van der Waals surface area contributed by atoms with Gasteiger partial charge in [-0.15, -0.1) is 0 Å². The number of esters is 1. The van der Waals surface area contributed by atoms with Crippen molar-refractivity contribution < 1.29 is 18.8 Å². The molecular weight excluding hydrogens is 348 g/mol. The van der Waals surface area contributed by atoms with Crippen LogP contribution >= 0.6 is 0 Å². The number of hydrogen-bond donors (Lipinski definition) is 1. The monoisotopic (exact) mass is 378 g/mol. The van der Waals surface area contributed by atoms with Gasteiger partial charge in [0, 0.05) is 12.6 Å². The van der Waals surface area contributed by atoms with Gasteiger partial charge in [0.25, 0.3) is 0 Å². The van der Waals surface area contributed by atoms with Crippen molar-refractivity contribution >= 4 is 22.5 Å². The second-order valence-corrected chi connectivity index (χ2v) is 8.32. The van der Waals surface area contributed by atoms with Crippen molar-refractivity contribution in [2.24, 2.45) is 5.73 Å². The minimum Gasteiger partial charge on any atom is -0.513 e. The maximum Gasteiger partial charge on any atom is 0.395 e. The Morgan fingerprint density at radius 1 is 1.35 bits per heavy atom. The van der Waals surface area contributed by atoms with Gasteiger partial charge in [0.05, 0.1) is 0 Å². The number of ether oxygens (including phenoxy) is 1. The van der Waals surface area contributed by atoms with Crippen LogP contribution in [0.15, 0.2) is 24.3 Å². The molecule has 0 spiro atoms. The van der Waals surface area contributed by atoms with Gasteiger partial charge in [0.2, 0.25) is 10.5 Å². The Morgan fingerprint density at radius 3 is 2.62 bits per heavy atom. The minimum atomic E-state index is -0.799. The molecule has 3 unspecified atom stereocenters. The molecule has 2 N–H and O–H groups in total. The smallest absolute Gasteiger partial charge is 0.395 e. The molecule has 26 heavy (non-hydrogen) atoms. The predicted octanol–water partition coefficient (Wildman–Crippen LogP) is 2.01. The van der Waals surface area contributed by atoms with Crippen LogP contribution in [-0.2, 0) is 14.0 Å². The number of rotatable bonds is 3. The Bertz CT molecular complexity index is 659. The number of carbonyl (C=O) groups is 2. The SMILES string of the molecule is CC1CC(c2cccc(C(N)C(=O)OC(C)(C)C)c2)CCN1C(=O)O[SiH3]. The number of piperidine rings is 1. The Labute approximate surface area is 158 Å². The average Bonchev–Trinajstić information content (AvgIpc) is 2.59. The second-order valence-electron chi connectivity index (χ2n) is 7.92. The molecule has 0 aliphatic carbocycles. The molecule has 1 saturated heterocycles. The number of hydrogen-bond acceptors (Lipinski definition) is 5. The third-order valence-electron chi connectivity index (χ3n) is 4.69. The van der Waals surface area contributed by atoms with E-state index >= 15 is 0 Å². The van der Waals surface area contributed by atoms with Gasteiger partial charge in [-0.25, -0.2) is 9.59 Å².